The number of aliphatic hydroxyl groups is 1. The Bertz CT molecular complexity index is 535. The Morgan fingerprint density at radius 2 is 2.14 bits per heavy atom. The normalized spacial score (nSPS) is 15.6. The van der Waals surface area contributed by atoms with Crippen molar-refractivity contribution in [1.82, 2.24) is 15.0 Å². The molecule has 0 fully saturated rings. The van der Waals surface area contributed by atoms with Crippen molar-refractivity contribution in [2.45, 2.75) is 19.6 Å². The van der Waals surface area contributed by atoms with Crippen LogP contribution in [0.3, 0.4) is 0 Å². The summed E-state index contributed by atoms with van der Waals surface area (Å²) in [5, 5.41) is 12.8. The molecule has 8 heteroatoms. The molecule has 0 amide bonds. The lowest BCUT2D eigenvalue weighted by atomic mass is 10.2. The lowest BCUT2D eigenvalue weighted by Gasteiger charge is -2.28. The van der Waals surface area contributed by atoms with Crippen LogP contribution >= 0.6 is 0 Å². The van der Waals surface area contributed by atoms with E-state index in [0.717, 1.165) is 5.56 Å². The Labute approximate surface area is 126 Å². The second-order valence-electron chi connectivity index (χ2n) is 4.98. The van der Waals surface area contributed by atoms with Crippen LogP contribution in [0.25, 0.3) is 0 Å². The van der Waals surface area contributed by atoms with Crippen LogP contribution in [-0.2, 0) is 6.54 Å². The zero-order chi connectivity index (χ0) is 16.2. The first-order chi connectivity index (χ1) is 10.4. The number of ether oxygens (including phenoxy) is 1. The van der Waals surface area contributed by atoms with E-state index in [1.165, 1.54) is 6.07 Å². The number of aryl methyl sites for hydroxylation is 1. The summed E-state index contributed by atoms with van der Waals surface area (Å²) < 4.78 is 41.3. The van der Waals surface area contributed by atoms with Gasteiger partial charge < -0.3 is 14.9 Å². The monoisotopic (exact) mass is 317 g/mol. The van der Waals surface area contributed by atoms with Crippen molar-refractivity contribution < 1.29 is 23.0 Å². The third-order valence-electron chi connectivity index (χ3n) is 3.02. The molecule has 0 unspecified atom stereocenters. The predicted octanol–water partition coefficient (Wildman–Crippen LogP) is 1.87. The van der Waals surface area contributed by atoms with Crippen LogP contribution in [0.15, 0.2) is 24.4 Å². The molecule has 1 aliphatic heterocycles. The molecular weight excluding hydrogens is 299 g/mol. The molecule has 0 bridgehead atoms. The van der Waals surface area contributed by atoms with E-state index in [0.29, 0.717) is 25.3 Å². The van der Waals surface area contributed by atoms with Crippen LogP contribution < -0.4 is 4.74 Å². The first kappa shape index (κ1) is 16.6. The van der Waals surface area contributed by atoms with Gasteiger partial charge in [0.1, 0.15) is 0 Å². The zero-order valence-corrected chi connectivity index (χ0v) is 12.2. The summed E-state index contributed by atoms with van der Waals surface area (Å²) in [6.45, 7) is 2.02. The van der Waals surface area contributed by atoms with E-state index in [-0.39, 0.29) is 12.5 Å². The molecule has 122 valence electrons. The molecule has 0 aromatic carbocycles. The van der Waals surface area contributed by atoms with E-state index in [4.69, 9.17) is 9.84 Å². The topological polar surface area (TPSA) is 48.8 Å². The Morgan fingerprint density at radius 3 is 2.82 bits per heavy atom. The van der Waals surface area contributed by atoms with E-state index < -0.39 is 12.8 Å². The lowest BCUT2D eigenvalue weighted by Crippen LogP contribution is -2.36. The zero-order valence-electron chi connectivity index (χ0n) is 12.2. The molecule has 1 aliphatic rings. The molecule has 0 radical (unpaired) electrons. The first-order valence-corrected chi connectivity index (χ1v) is 6.83. The van der Waals surface area contributed by atoms with Gasteiger partial charge in [0.05, 0.1) is 13.2 Å². The molecule has 2 rings (SSSR count). The lowest BCUT2D eigenvalue weighted by molar-refractivity contribution is -0.154. The second kappa shape index (κ2) is 6.97. The number of aromatic nitrogens is 1. The molecule has 0 spiro atoms. The summed E-state index contributed by atoms with van der Waals surface area (Å²) in [4.78, 5) is 3.96. The Hall–Kier alpha value is -1.80. The highest BCUT2D eigenvalue weighted by atomic mass is 19.4. The van der Waals surface area contributed by atoms with Gasteiger partial charge in [-0.3, -0.25) is 0 Å². The van der Waals surface area contributed by atoms with E-state index in [1.807, 2.05) is 22.3 Å². The first-order valence-electron chi connectivity index (χ1n) is 6.83. The fraction of sp³-hybridized carbons (Fsp3) is 0.500. The van der Waals surface area contributed by atoms with Crippen LogP contribution in [0.5, 0.6) is 5.88 Å². The summed E-state index contributed by atoms with van der Waals surface area (Å²) in [6, 6.07) is 3.31. The minimum Gasteiger partial charge on any atom is -0.468 e. The van der Waals surface area contributed by atoms with Crippen LogP contribution in [0.2, 0.25) is 0 Å². The Balaban J connectivity index is 2.03. The molecule has 1 aromatic rings. The van der Waals surface area contributed by atoms with Crippen molar-refractivity contribution in [3.05, 3.63) is 35.7 Å². The molecule has 0 saturated carbocycles. The van der Waals surface area contributed by atoms with Crippen molar-refractivity contribution >= 4 is 0 Å². The van der Waals surface area contributed by atoms with Crippen molar-refractivity contribution in [3.8, 4) is 5.88 Å². The van der Waals surface area contributed by atoms with Crippen LogP contribution in [0, 0.1) is 6.92 Å². The third kappa shape index (κ3) is 4.88. The molecule has 1 aromatic heterocycles. The molecular formula is C14H18F3N3O2. The molecule has 0 aliphatic carbocycles. The van der Waals surface area contributed by atoms with Gasteiger partial charge in [-0.05, 0) is 18.6 Å². The number of rotatable bonds is 6. The second-order valence-corrected chi connectivity index (χ2v) is 4.98. The fourth-order valence-electron chi connectivity index (χ4n) is 2.20. The minimum absolute atomic E-state index is 0.0240. The predicted molar refractivity (Wildman–Crippen MR) is 73.9 cm³/mol. The van der Waals surface area contributed by atoms with Gasteiger partial charge in [0, 0.05) is 31.0 Å². The highest BCUT2D eigenvalue weighted by Gasteiger charge is 2.28. The SMILES string of the molecule is Cc1cc(CN2CC=CN2CCO)cc(OCC(F)(F)F)n1. The van der Waals surface area contributed by atoms with Gasteiger partial charge >= 0.3 is 6.18 Å². The number of nitrogens with zero attached hydrogens (tertiary/aromatic N) is 3. The van der Waals surface area contributed by atoms with Gasteiger partial charge in [0.15, 0.2) is 6.61 Å². The van der Waals surface area contributed by atoms with Crippen molar-refractivity contribution in [1.29, 1.82) is 0 Å². The summed E-state index contributed by atoms with van der Waals surface area (Å²) >= 11 is 0. The number of alkyl halides is 3. The van der Waals surface area contributed by atoms with Gasteiger partial charge in [-0.2, -0.15) is 13.2 Å². The number of hydrogen-bond donors (Lipinski definition) is 1. The average Bonchev–Trinajstić information content (AvgIpc) is 2.83. The van der Waals surface area contributed by atoms with Crippen molar-refractivity contribution in [3.63, 3.8) is 0 Å². The van der Waals surface area contributed by atoms with Gasteiger partial charge in [0.2, 0.25) is 5.88 Å². The van der Waals surface area contributed by atoms with Gasteiger partial charge in [-0.25, -0.2) is 9.99 Å². The summed E-state index contributed by atoms with van der Waals surface area (Å²) in [5.74, 6) is -0.0341. The summed E-state index contributed by atoms with van der Waals surface area (Å²) in [7, 11) is 0. The molecule has 22 heavy (non-hydrogen) atoms. The summed E-state index contributed by atoms with van der Waals surface area (Å²) in [6.07, 6.45) is -0.571. The molecule has 5 nitrogen and oxygen atoms in total. The average molecular weight is 317 g/mol. The third-order valence-corrected chi connectivity index (χ3v) is 3.02. The van der Waals surface area contributed by atoms with Gasteiger partial charge in [0.25, 0.3) is 0 Å². The number of hydrazine groups is 1. The quantitative estimate of drug-likeness (QED) is 0.868. The Kier molecular flexibility index (Phi) is 5.25. The molecule has 2 heterocycles. The van der Waals surface area contributed by atoms with Crippen molar-refractivity contribution in [2.75, 3.05) is 26.3 Å². The maximum Gasteiger partial charge on any atom is 0.422 e. The summed E-state index contributed by atoms with van der Waals surface area (Å²) in [5.41, 5.74) is 1.40. The standard InChI is InChI=1S/C14H18F3N3O2/c1-11-7-12(8-13(18-11)22-10-14(15,16)17)9-20-4-2-3-19(20)5-6-21/h2-3,7-8,21H,4-6,9-10H2,1H3. The van der Waals surface area contributed by atoms with Crippen LogP contribution in [0.1, 0.15) is 11.3 Å². The maximum absolute atomic E-state index is 12.2. The van der Waals surface area contributed by atoms with Crippen molar-refractivity contribution in [2.24, 2.45) is 0 Å². The smallest absolute Gasteiger partial charge is 0.422 e. The number of aliphatic hydroxyl groups excluding tert-OH is 1. The maximum atomic E-state index is 12.2. The van der Waals surface area contributed by atoms with E-state index >= 15 is 0 Å². The molecule has 0 atom stereocenters. The van der Waals surface area contributed by atoms with Crippen LogP contribution in [0.4, 0.5) is 13.2 Å². The fourth-order valence-corrected chi connectivity index (χ4v) is 2.20. The van der Waals surface area contributed by atoms with E-state index in [1.54, 1.807) is 13.0 Å². The number of pyridine rings is 1. The van der Waals surface area contributed by atoms with Crippen LogP contribution in [-0.4, -0.2) is 52.6 Å². The van der Waals surface area contributed by atoms with E-state index in [9.17, 15) is 13.2 Å². The molecule has 0 saturated heterocycles. The number of hydrogen-bond acceptors (Lipinski definition) is 5. The minimum atomic E-state index is -4.39. The number of halogens is 3. The number of β-amino-alcohol motifs (C(OH)–C–C–N with tert-alkyl or cyclic N) is 1. The van der Waals surface area contributed by atoms with E-state index in [2.05, 4.69) is 4.98 Å². The highest BCUT2D eigenvalue weighted by Crippen LogP contribution is 2.20. The Morgan fingerprint density at radius 1 is 1.36 bits per heavy atom. The molecule has 1 N–H and O–H groups in total. The van der Waals surface area contributed by atoms with Gasteiger partial charge in [-0.15, -0.1) is 0 Å². The largest absolute Gasteiger partial charge is 0.468 e. The van der Waals surface area contributed by atoms with Gasteiger partial charge in [-0.1, -0.05) is 6.08 Å². The highest BCUT2D eigenvalue weighted by molar-refractivity contribution is 5.25.